The summed E-state index contributed by atoms with van der Waals surface area (Å²) in [6, 6.07) is 0. The van der Waals surface area contributed by atoms with E-state index in [4.69, 9.17) is 14.2 Å². The molecule has 0 aliphatic rings. The maximum atomic E-state index is 12.8. The molecule has 0 rings (SSSR count). The molecule has 0 aliphatic heterocycles. The molecule has 0 amide bonds. The lowest BCUT2D eigenvalue weighted by molar-refractivity contribution is -0.166. The number of hydrogen-bond donors (Lipinski definition) is 0. The van der Waals surface area contributed by atoms with Crippen LogP contribution in [0.2, 0.25) is 0 Å². The number of hydrogen-bond acceptors (Lipinski definition) is 6. The predicted octanol–water partition coefficient (Wildman–Crippen LogP) is 17.5. The molecule has 0 heterocycles. The van der Waals surface area contributed by atoms with Crippen molar-refractivity contribution in [1.29, 1.82) is 0 Å². The van der Waals surface area contributed by atoms with E-state index in [1.807, 2.05) is 12.2 Å². The van der Waals surface area contributed by atoms with Crippen molar-refractivity contribution in [3.05, 3.63) is 134 Å². The molecule has 1 unspecified atom stereocenters. The second kappa shape index (κ2) is 53.2. The van der Waals surface area contributed by atoms with Crippen LogP contribution in [0.5, 0.6) is 0 Å². The number of esters is 3. The molecule has 0 N–H and O–H groups in total. The van der Waals surface area contributed by atoms with Gasteiger partial charge in [0.2, 0.25) is 0 Å². The first-order valence-corrected chi connectivity index (χ1v) is 26.2. The van der Waals surface area contributed by atoms with Crippen LogP contribution in [0.1, 0.15) is 207 Å². The van der Waals surface area contributed by atoms with E-state index < -0.39 is 6.10 Å². The summed E-state index contributed by atoms with van der Waals surface area (Å²) in [4.78, 5) is 38.0. The lowest BCUT2D eigenvalue weighted by Gasteiger charge is -2.18. The highest BCUT2D eigenvalue weighted by Gasteiger charge is 2.19. The minimum atomic E-state index is -0.836. The van der Waals surface area contributed by atoms with Crippen LogP contribution in [0, 0.1) is 0 Å². The van der Waals surface area contributed by atoms with E-state index in [2.05, 4.69) is 142 Å². The first-order valence-electron chi connectivity index (χ1n) is 26.2. The fraction of sp³-hybridized carbons (Fsp3) is 0.583. The quantitative estimate of drug-likeness (QED) is 0.0262. The molecule has 0 aromatic carbocycles. The topological polar surface area (TPSA) is 78.9 Å². The van der Waals surface area contributed by atoms with Crippen molar-refractivity contribution in [2.75, 3.05) is 13.2 Å². The summed E-state index contributed by atoms with van der Waals surface area (Å²) in [5.74, 6) is -1.07. The second-order valence-electron chi connectivity index (χ2n) is 16.7. The van der Waals surface area contributed by atoms with Gasteiger partial charge in [-0.1, -0.05) is 199 Å². The zero-order valence-corrected chi connectivity index (χ0v) is 42.1. The zero-order valence-electron chi connectivity index (χ0n) is 42.1. The number of rotatable bonds is 45. The standard InChI is InChI=1S/C60H94O6/c1-4-7-10-13-16-19-22-25-27-29-30-31-33-35-38-41-44-47-50-53-59(62)65-56-57(55-64-58(61)52-49-46-43-40-37-34-24-21-18-15-12-9-6-3)66-60(63)54-51-48-45-42-39-36-32-28-26-23-20-17-14-11-8-5-2/h7-8,10-11,16-17,19-20,25-28,30-31,34-39,44,47,57H,4-6,9,12-15,18,21-24,29,32-33,40-43,45-46,48-56H2,1-3H3/b10-7-,11-8-,19-16-,20-17-,27-25-,28-26-,31-30-,37-34-,38-35-,39-36-,47-44-. The molecule has 0 saturated carbocycles. The monoisotopic (exact) mass is 911 g/mol. The molecule has 0 aromatic heterocycles. The number of allylic oxidation sites excluding steroid dienone is 22. The summed E-state index contributed by atoms with van der Waals surface area (Å²) >= 11 is 0. The largest absolute Gasteiger partial charge is 0.462 e. The molecule has 0 saturated heterocycles. The van der Waals surface area contributed by atoms with E-state index in [0.29, 0.717) is 19.3 Å². The van der Waals surface area contributed by atoms with Crippen LogP contribution in [0.25, 0.3) is 0 Å². The Morgan fingerprint density at radius 2 is 0.621 bits per heavy atom. The van der Waals surface area contributed by atoms with E-state index in [1.54, 1.807) is 0 Å². The maximum Gasteiger partial charge on any atom is 0.306 e. The van der Waals surface area contributed by atoms with Gasteiger partial charge in [0.1, 0.15) is 13.2 Å². The predicted molar refractivity (Wildman–Crippen MR) is 283 cm³/mol. The smallest absolute Gasteiger partial charge is 0.306 e. The van der Waals surface area contributed by atoms with Crippen LogP contribution in [-0.4, -0.2) is 37.2 Å². The Balaban J connectivity index is 4.60. The fourth-order valence-electron chi connectivity index (χ4n) is 6.51. The third-order valence-electron chi connectivity index (χ3n) is 10.4. The molecule has 6 heteroatoms. The molecule has 6 nitrogen and oxygen atoms in total. The summed E-state index contributed by atoms with van der Waals surface area (Å²) in [7, 11) is 0. The van der Waals surface area contributed by atoms with E-state index in [0.717, 1.165) is 116 Å². The van der Waals surface area contributed by atoms with Crippen molar-refractivity contribution in [2.24, 2.45) is 0 Å². The van der Waals surface area contributed by atoms with Crippen LogP contribution in [0.3, 0.4) is 0 Å². The van der Waals surface area contributed by atoms with Gasteiger partial charge in [0, 0.05) is 19.3 Å². The van der Waals surface area contributed by atoms with E-state index in [-0.39, 0.29) is 44.0 Å². The van der Waals surface area contributed by atoms with Gasteiger partial charge in [0.25, 0.3) is 0 Å². The zero-order chi connectivity index (χ0) is 47.9. The van der Waals surface area contributed by atoms with Crippen LogP contribution in [0.15, 0.2) is 134 Å². The molecular weight excluding hydrogens is 817 g/mol. The van der Waals surface area contributed by atoms with Gasteiger partial charge < -0.3 is 14.2 Å². The molecule has 370 valence electrons. The van der Waals surface area contributed by atoms with Crippen molar-refractivity contribution in [1.82, 2.24) is 0 Å². The Morgan fingerprint density at radius 1 is 0.318 bits per heavy atom. The second-order valence-corrected chi connectivity index (χ2v) is 16.7. The third-order valence-corrected chi connectivity index (χ3v) is 10.4. The van der Waals surface area contributed by atoms with Gasteiger partial charge in [-0.05, 0) is 122 Å². The highest BCUT2D eigenvalue weighted by atomic mass is 16.6. The van der Waals surface area contributed by atoms with Gasteiger partial charge in [0.05, 0.1) is 0 Å². The first-order chi connectivity index (χ1) is 32.5. The summed E-state index contributed by atoms with van der Waals surface area (Å²) in [5, 5.41) is 0. The van der Waals surface area contributed by atoms with Crippen molar-refractivity contribution in [3.63, 3.8) is 0 Å². The highest BCUT2D eigenvalue weighted by molar-refractivity contribution is 5.71. The van der Waals surface area contributed by atoms with Crippen molar-refractivity contribution in [3.8, 4) is 0 Å². The number of carbonyl (C=O) groups excluding carboxylic acids is 3. The lowest BCUT2D eigenvalue weighted by atomic mass is 10.1. The number of carbonyl (C=O) groups is 3. The van der Waals surface area contributed by atoms with Crippen molar-refractivity contribution < 1.29 is 28.6 Å². The van der Waals surface area contributed by atoms with Gasteiger partial charge in [0.15, 0.2) is 6.10 Å². The van der Waals surface area contributed by atoms with Gasteiger partial charge in [-0.25, -0.2) is 0 Å². The van der Waals surface area contributed by atoms with Crippen molar-refractivity contribution in [2.45, 2.75) is 213 Å². The Labute approximate surface area is 405 Å². The third kappa shape index (κ3) is 50.5. The average Bonchev–Trinajstić information content (AvgIpc) is 3.31. The van der Waals surface area contributed by atoms with Crippen LogP contribution in [0.4, 0.5) is 0 Å². The molecule has 0 bridgehead atoms. The van der Waals surface area contributed by atoms with E-state index in [1.165, 1.54) is 38.5 Å². The molecule has 0 fully saturated rings. The molecule has 66 heavy (non-hydrogen) atoms. The van der Waals surface area contributed by atoms with Gasteiger partial charge >= 0.3 is 17.9 Å². The fourth-order valence-corrected chi connectivity index (χ4v) is 6.51. The number of ether oxygens (including phenoxy) is 3. The van der Waals surface area contributed by atoms with E-state index >= 15 is 0 Å². The normalized spacial score (nSPS) is 13.2. The van der Waals surface area contributed by atoms with Gasteiger partial charge in [-0.15, -0.1) is 0 Å². The van der Waals surface area contributed by atoms with Crippen LogP contribution in [-0.2, 0) is 28.6 Å². The Hall–Kier alpha value is -4.45. The van der Waals surface area contributed by atoms with Crippen LogP contribution < -0.4 is 0 Å². The minimum absolute atomic E-state index is 0.127. The Kier molecular flexibility index (Phi) is 49.6. The van der Waals surface area contributed by atoms with Crippen LogP contribution >= 0.6 is 0 Å². The highest BCUT2D eigenvalue weighted by Crippen LogP contribution is 2.11. The SMILES string of the molecule is CC/C=C\C/C=C\C/C=C\C/C=C\C/C=C\C/C=C\CCC(=O)OCC(COC(=O)CCCCC/C=C\CCCCCCCC)OC(=O)CCCCC/C=C\C/C=C\C/C=C\C/C=C\CC. The van der Waals surface area contributed by atoms with Gasteiger partial charge in [-0.2, -0.15) is 0 Å². The first kappa shape index (κ1) is 61.5. The minimum Gasteiger partial charge on any atom is -0.462 e. The Bertz CT molecular complexity index is 1460. The van der Waals surface area contributed by atoms with Gasteiger partial charge in [-0.3, -0.25) is 14.4 Å². The maximum absolute atomic E-state index is 12.8. The van der Waals surface area contributed by atoms with Crippen molar-refractivity contribution >= 4 is 17.9 Å². The molecule has 0 aliphatic carbocycles. The Morgan fingerprint density at radius 3 is 1.03 bits per heavy atom. The lowest BCUT2D eigenvalue weighted by Crippen LogP contribution is -2.30. The summed E-state index contributed by atoms with van der Waals surface area (Å²) in [6.07, 6.45) is 74.5. The summed E-state index contributed by atoms with van der Waals surface area (Å²) in [6.45, 7) is 6.27. The van der Waals surface area contributed by atoms with E-state index in [9.17, 15) is 14.4 Å². The average molecular weight is 911 g/mol. The molecule has 0 radical (unpaired) electrons. The molecular formula is C60H94O6. The number of unbranched alkanes of at least 4 members (excludes halogenated alkanes) is 12. The summed E-state index contributed by atoms with van der Waals surface area (Å²) in [5.41, 5.74) is 0. The molecule has 0 aromatic rings. The summed E-state index contributed by atoms with van der Waals surface area (Å²) < 4.78 is 16.7. The molecule has 1 atom stereocenters. The molecule has 0 spiro atoms.